The first-order valence-corrected chi connectivity index (χ1v) is 6.35. The van der Waals surface area contributed by atoms with Crippen molar-refractivity contribution >= 4 is 11.3 Å². The molecule has 2 atom stereocenters. The minimum Gasteiger partial charge on any atom is -0.316 e. The van der Waals surface area contributed by atoms with Crippen molar-refractivity contribution < 1.29 is 0 Å². The van der Waals surface area contributed by atoms with E-state index in [1.54, 1.807) is 0 Å². The fourth-order valence-corrected chi connectivity index (χ4v) is 2.65. The largest absolute Gasteiger partial charge is 0.316 e. The molecule has 0 saturated carbocycles. The average Bonchev–Trinajstić information content (AvgIpc) is 2.66. The van der Waals surface area contributed by atoms with Crippen LogP contribution >= 0.6 is 11.3 Å². The zero-order valence-electron chi connectivity index (χ0n) is 9.42. The number of hydrogen-bond donors (Lipinski definition) is 1. The van der Waals surface area contributed by atoms with Crippen LogP contribution in [0.2, 0.25) is 0 Å². The monoisotopic (exact) mass is 211 g/mol. The molecule has 2 heteroatoms. The fraction of sp³-hybridized carbons (Fsp3) is 0.667. The molecule has 1 heterocycles. The maximum atomic E-state index is 3.43. The van der Waals surface area contributed by atoms with Gasteiger partial charge in [-0.3, -0.25) is 0 Å². The summed E-state index contributed by atoms with van der Waals surface area (Å²) in [5, 5.41) is 5.59. The Kier molecular flexibility index (Phi) is 5.20. The molecule has 0 aliphatic heterocycles. The molecule has 0 aliphatic rings. The third-order valence-electron chi connectivity index (χ3n) is 2.80. The van der Waals surface area contributed by atoms with E-state index in [0.29, 0.717) is 6.04 Å². The molecule has 0 spiro atoms. The topological polar surface area (TPSA) is 12.0 Å². The zero-order valence-corrected chi connectivity index (χ0v) is 10.2. The molecular formula is C12H21NS. The van der Waals surface area contributed by atoms with Crippen molar-refractivity contribution in [1.82, 2.24) is 5.32 Å². The van der Waals surface area contributed by atoms with Crippen LogP contribution in [0.5, 0.6) is 0 Å². The smallest absolute Gasteiger partial charge is 0.0138 e. The van der Waals surface area contributed by atoms with Gasteiger partial charge in [0.1, 0.15) is 0 Å². The van der Waals surface area contributed by atoms with E-state index in [1.807, 2.05) is 11.3 Å². The molecule has 0 radical (unpaired) electrons. The summed E-state index contributed by atoms with van der Waals surface area (Å²) in [6.45, 7) is 4.60. The molecule has 0 bridgehead atoms. The third kappa shape index (κ3) is 3.43. The third-order valence-corrected chi connectivity index (χ3v) is 3.70. The van der Waals surface area contributed by atoms with Crippen molar-refractivity contribution in [3.8, 4) is 0 Å². The highest BCUT2D eigenvalue weighted by Gasteiger charge is 2.15. The molecule has 1 rings (SSSR count). The van der Waals surface area contributed by atoms with Crippen molar-refractivity contribution in [3.05, 3.63) is 22.4 Å². The van der Waals surface area contributed by atoms with E-state index in [4.69, 9.17) is 0 Å². The molecule has 0 aromatic carbocycles. The first-order chi connectivity index (χ1) is 6.77. The predicted octanol–water partition coefficient (Wildman–Crippen LogP) is 3.31. The van der Waals surface area contributed by atoms with Gasteiger partial charge in [0.15, 0.2) is 0 Å². The molecule has 80 valence electrons. The summed E-state index contributed by atoms with van der Waals surface area (Å²) in [5.41, 5.74) is 0. The second kappa shape index (κ2) is 6.20. The van der Waals surface area contributed by atoms with Crippen LogP contribution in [0.3, 0.4) is 0 Å². The molecule has 1 nitrogen and oxygen atoms in total. The van der Waals surface area contributed by atoms with Crippen LogP contribution in [0.25, 0.3) is 0 Å². The van der Waals surface area contributed by atoms with Gasteiger partial charge < -0.3 is 5.32 Å². The molecule has 0 amide bonds. The Morgan fingerprint density at radius 2 is 2.29 bits per heavy atom. The summed E-state index contributed by atoms with van der Waals surface area (Å²) < 4.78 is 0. The summed E-state index contributed by atoms with van der Waals surface area (Å²) >= 11 is 1.86. The van der Waals surface area contributed by atoms with Crippen molar-refractivity contribution in [2.45, 2.75) is 39.2 Å². The molecule has 0 saturated heterocycles. The molecular weight excluding hydrogens is 190 g/mol. The highest BCUT2D eigenvalue weighted by atomic mass is 32.1. The van der Waals surface area contributed by atoms with Gasteiger partial charge in [-0.05, 0) is 37.3 Å². The summed E-state index contributed by atoms with van der Waals surface area (Å²) in [7, 11) is 2.07. The Morgan fingerprint density at radius 1 is 1.50 bits per heavy atom. The molecule has 2 unspecified atom stereocenters. The SMILES string of the molecule is CCCC(C)C(Cc1cccs1)NC. The second-order valence-corrected chi connectivity index (χ2v) is 4.98. The van der Waals surface area contributed by atoms with Gasteiger partial charge in [0.05, 0.1) is 0 Å². The highest BCUT2D eigenvalue weighted by Crippen LogP contribution is 2.18. The predicted molar refractivity (Wildman–Crippen MR) is 64.9 cm³/mol. The van der Waals surface area contributed by atoms with Gasteiger partial charge in [-0.25, -0.2) is 0 Å². The van der Waals surface area contributed by atoms with Crippen molar-refractivity contribution in [2.75, 3.05) is 7.05 Å². The van der Waals surface area contributed by atoms with Crippen LogP contribution < -0.4 is 5.32 Å². The Hall–Kier alpha value is -0.340. The molecule has 1 aromatic heterocycles. The van der Waals surface area contributed by atoms with Crippen LogP contribution in [-0.2, 0) is 6.42 Å². The van der Waals surface area contributed by atoms with E-state index in [2.05, 4.69) is 43.7 Å². The minimum absolute atomic E-state index is 0.633. The number of nitrogens with one attached hydrogen (secondary N) is 1. The normalized spacial score (nSPS) is 15.4. The first kappa shape index (κ1) is 11.7. The Labute approximate surface area is 91.5 Å². The standard InChI is InChI=1S/C12H21NS/c1-4-6-10(2)12(13-3)9-11-7-5-8-14-11/h5,7-8,10,12-13H,4,6,9H2,1-3H3. The van der Waals surface area contributed by atoms with Crippen LogP contribution in [0.15, 0.2) is 17.5 Å². The Balaban J connectivity index is 2.46. The van der Waals surface area contributed by atoms with E-state index in [-0.39, 0.29) is 0 Å². The lowest BCUT2D eigenvalue weighted by Gasteiger charge is -2.22. The van der Waals surface area contributed by atoms with Crippen molar-refractivity contribution in [2.24, 2.45) is 5.92 Å². The van der Waals surface area contributed by atoms with E-state index >= 15 is 0 Å². The van der Waals surface area contributed by atoms with E-state index in [1.165, 1.54) is 24.1 Å². The number of hydrogen-bond acceptors (Lipinski definition) is 2. The minimum atomic E-state index is 0.633. The number of thiophene rings is 1. The number of rotatable bonds is 6. The van der Waals surface area contributed by atoms with Crippen LogP contribution in [0.1, 0.15) is 31.6 Å². The van der Waals surface area contributed by atoms with Crippen LogP contribution in [0.4, 0.5) is 0 Å². The van der Waals surface area contributed by atoms with Gasteiger partial charge in [-0.15, -0.1) is 11.3 Å². The molecule has 0 aliphatic carbocycles. The van der Waals surface area contributed by atoms with Gasteiger partial charge in [0.2, 0.25) is 0 Å². The lowest BCUT2D eigenvalue weighted by molar-refractivity contribution is 0.373. The molecule has 14 heavy (non-hydrogen) atoms. The molecule has 1 N–H and O–H groups in total. The van der Waals surface area contributed by atoms with Gasteiger partial charge in [0, 0.05) is 10.9 Å². The lowest BCUT2D eigenvalue weighted by atomic mass is 9.94. The lowest BCUT2D eigenvalue weighted by Crippen LogP contribution is -2.33. The average molecular weight is 211 g/mol. The van der Waals surface area contributed by atoms with Crippen molar-refractivity contribution in [1.29, 1.82) is 0 Å². The number of likely N-dealkylation sites (N-methyl/N-ethyl adjacent to an activating group) is 1. The summed E-state index contributed by atoms with van der Waals surface area (Å²) in [6, 6.07) is 5.00. The Morgan fingerprint density at radius 3 is 2.79 bits per heavy atom. The van der Waals surface area contributed by atoms with E-state index < -0.39 is 0 Å². The Bertz CT molecular complexity index is 230. The van der Waals surface area contributed by atoms with Gasteiger partial charge >= 0.3 is 0 Å². The van der Waals surface area contributed by atoms with Crippen LogP contribution in [-0.4, -0.2) is 13.1 Å². The maximum absolute atomic E-state index is 3.43. The molecule has 1 aromatic rings. The fourth-order valence-electron chi connectivity index (χ4n) is 1.89. The van der Waals surface area contributed by atoms with Gasteiger partial charge in [0.25, 0.3) is 0 Å². The summed E-state index contributed by atoms with van der Waals surface area (Å²) in [6.07, 6.45) is 3.77. The van der Waals surface area contributed by atoms with E-state index in [0.717, 1.165) is 5.92 Å². The van der Waals surface area contributed by atoms with Crippen molar-refractivity contribution in [3.63, 3.8) is 0 Å². The van der Waals surface area contributed by atoms with E-state index in [9.17, 15) is 0 Å². The zero-order chi connectivity index (χ0) is 10.4. The second-order valence-electron chi connectivity index (χ2n) is 3.94. The van der Waals surface area contributed by atoms with Crippen LogP contribution in [0, 0.1) is 5.92 Å². The maximum Gasteiger partial charge on any atom is 0.0138 e. The molecule has 0 fully saturated rings. The van der Waals surface area contributed by atoms with Gasteiger partial charge in [-0.2, -0.15) is 0 Å². The summed E-state index contributed by atoms with van der Waals surface area (Å²) in [5.74, 6) is 0.770. The van der Waals surface area contributed by atoms with Gasteiger partial charge in [-0.1, -0.05) is 26.3 Å². The summed E-state index contributed by atoms with van der Waals surface area (Å²) in [4.78, 5) is 1.49. The quantitative estimate of drug-likeness (QED) is 0.761. The first-order valence-electron chi connectivity index (χ1n) is 5.47. The highest BCUT2D eigenvalue weighted by molar-refractivity contribution is 7.09.